The fourth-order valence-electron chi connectivity index (χ4n) is 3.56. The zero-order valence-corrected chi connectivity index (χ0v) is 14.9. The first-order chi connectivity index (χ1) is 9.47. The minimum Gasteiger partial charge on any atom is -0.367 e. The van der Waals surface area contributed by atoms with Crippen molar-refractivity contribution in [2.45, 2.75) is 84.1 Å². The lowest BCUT2D eigenvalue weighted by atomic mass is 9.95. The number of rotatable bonds is 6. The molecule has 1 unspecified atom stereocenters. The first-order valence-corrected chi connectivity index (χ1v) is 8.08. The maximum atomic E-state index is 9.39. The van der Waals surface area contributed by atoms with Crippen LogP contribution in [-0.2, 0) is 4.74 Å². The van der Waals surface area contributed by atoms with Gasteiger partial charge in [-0.1, -0.05) is 0 Å². The Kier molecular flexibility index (Phi) is 5.83. The van der Waals surface area contributed by atoms with E-state index in [0.29, 0.717) is 6.04 Å². The van der Waals surface area contributed by atoms with E-state index < -0.39 is 5.54 Å². The van der Waals surface area contributed by atoms with Gasteiger partial charge in [-0.2, -0.15) is 5.26 Å². The maximum absolute atomic E-state index is 9.39. The molecule has 1 fully saturated rings. The summed E-state index contributed by atoms with van der Waals surface area (Å²) in [5.74, 6) is 0. The van der Waals surface area contributed by atoms with Gasteiger partial charge in [0.2, 0.25) is 0 Å². The summed E-state index contributed by atoms with van der Waals surface area (Å²) in [7, 11) is 0. The highest BCUT2D eigenvalue weighted by Gasteiger charge is 2.38. The molecule has 0 aromatic rings. The lowest BCUT2D eigenvalue weighted by Crippen LogP contribution is -2.57. The smallest absolute Gasteiger partial charge is 0.104 e. The molecule has 1 rings (SSSR count). The van der Waals surface area contributed by atoms with Crippen molar-refractivity contribution in [3.05, 3.63) is 0 Å². The molecule has 0 amide bonds. The van der Waals surface area contributed by atoms with Gasteiger partial charge >= 0.3 is 0 Å². The molecule has 1 heterocycles. The summed E-state index contributed by atoms with van der Waals surface area (Å²) in [6.45, 7) is 17.7. The van der Waals surface area contributed by atoms with Crippen LogP contribution in [0.15, 0.2) is 0 Å². The Morgan fingerprint density at radius 3 is 2.19 bits per heavy atom. The molecule has 0 aromatic heterocycles. The van der Waals surface area contributed by atoms with Gasteiger partial charge in [-0.15, -0.1) is 0 Å². The quantitative estimate of drug-likeness (QED) is 0.818. The van der Waals surface area contributed by atoms with Crippen LogP contribution >= 0.6 is 0 Å². The van der Waals surface area contributed by atoms with Crippen molar-refractivity contribution < 1.29 is 4.74 Å². The van der Waals surface area contributed by atoms with Crippen LogP contribution in [0, 0.1) is 11.3 Å². The molecule has 4 heteroatoms. The van der Waals surface area contributed by atoms with Crippen molar-refractivity contribution in [3.8, 4) is 6.07 Å². The molecule has 0 bridgehead atoms. The molecule has 1 aliphatic rings. The molecular formula is C17H33N3O. The fourth-order valence-corrected chi connectivity index (χ4v) is 3.56. The molecule has 1 N–H and O–H groups in total. The van der Waals surface area contributed by atoms with Crippen LogP contribution in [0.5, 0.6) is 0 Å². The van der Waals surface area contributed by atoms with E-state index in [9.17, 15) is 5.26 Å². The predicted octanol–water partition coefficient (Wildman–Crippen LogP) is 2.94. The third-order valence-electron chi connectivity index (χ3n) is 3.77. The normalized spacial score (nSPS) is 24.5. The lowest BCUT2D eigenvalue weighted by Gasteiger charge is -2.47. The minimum absolute atomic E-state index is 0.101. The highest BCUT2D eigenvalue weighted by Crippen LogP contribution is 2.28. The second-order valence-corrected chi connectivity index (χ2v) is 8.18. The van der Waals surface area contributed by atoms with Crippen molar-refractivity contribution in [1.82, 2.24) is 10.2 Å². The number of morpholine rings is 1. The SMILES string of the molecule is CC(C)NC(C)(C#N)CCCN1CC(C)(C)OC(C)(C)C1. The molecule has 0 spiro atoms. The van der Waals surface area contributed by atoms with Crippen LogP contribution in [0.1, 0.15) is 61.3 Å². The Labute approximate surface area is 130 Å². The second kappa shape index (κ2) is 6.64. The third-order valence-corrected chi connectivity index (χ3v) is 3.77. The van der Waals surface area contributed by atoms with E-state index in [1.54, 1.807) is 0 Å². The molecule has 122 valence electrons. The molecule has 0 aliphatic carbocycles. The first kappa shape index (κ1) is 18.4. The molecular weight excluding hydrogens is 262 g/mol. The lowest BCUT2D eigenvalue weighted by molar-refractivity contribution is -0.180. The molecule has 21 heavy (non-hydrogen) atoms. The third kappa shape index (κ3) is 6.34. The summed E-state index contributed by atoms with van der Waals surface area (Å²) < 4.78 is 6.11. The van der Waals surface area contributed by atoms with Gasteiger partial charge < -0.3 is 4.74 Å². The topological polar surface area (TPSA) is 48.3 Å². The Hall–Kier alpha value is -0.630. The Bertz CT molecular complexity index is 368. The van der Waals surface area contributed by atoms with Crippen molar-refractivity contribution in [2.24, 2.45) is 0 Å². The largest absolute Gasteiger partial charge is 0.367 e. The Balaban J connectivity index is 2.50. The van der Waals surface area contributed by atoms with Gasteiger partial charge in [-0.05, 0) is 67.9 Å². The van der Waals surface area contributed by atoms with Crippen molar-refractivity contribution in [1.29, 1.82) is 5.26 Å². The average molecular weight is 295 g/mol. The van der Waals surface area contributed by atoms with Crippen LogP contribution < -0.4 is 5.32 Å². The predicted molar refractivity (Wildman–Crippen MR) is 87.2 cm³/mol. The zero-order valence-electron chi connectivity index (χ0n) is 14.9. The molecule has 1 aliphatic heterocycles. The number of hydrogen-bond donors (Lipinski definition) is 1. The van der Waals surface area contributed by atoms with Crippen LogP contribution in [0.2, 0.25) is 0 Å². The summed E-state index contributed by atoms with van der Waals surface area (Å²) in [5.41, 5.74) is -0.627. The number of nitrogens with one attached hydrogen (secondary N) is 1. The monoisotopic (exact) mass is 295 g/mol. The van der Waals surface area contributed by atoms with E-state index in [4.69, 9.17) is 4.74 Å². The minimum atomic E-state index is -0.425. The van der Waals surface area contributed by atoms with Gasteiger partial charge in [0.1, 0.15) is 5.54 Å². The van der Waals surface area contributed by atoms with Crippen molar-refractivity contribution in [2.75, 3.05) is 19.6 Å². The average Bonchev–Trinajstić information content (AvgIpc) is 2.23. The van der Waals surface area contributed by atoms with Gasteiger partial charge in [-0.25, -0.2) is 0 Å². The van der Waals surface area contributed by atoms with Crippen LogP contribution in [0.3, 0.4) is 0 Å². The molecule has 0 radical (unpaired) electrons. The number of hydrogen-bond acceptors (Lipinski definition) is 4. The molecule has 0 aromatic carbocycles. The van der Waals surface area contributed by atoms with Gasteiger partial charge in [-0.3, -0.25) is 10.2 Å². The number of nitriles is 1. The van der Waals surface area contributed by atoms with Gasteiger partial charge in [0.15, 0.2) is 0 Å². The van der Waals surface area contributed by atoms with Crippen molar-refractivity contribution >= 4 is 0 Å². The highest BCUT2D eigenvalue weighted by atomic mass is 16.5. The summed E-state index contributed by atoms with van der Waals surface area (Å²) in [5, 5.41) is 12.8. The summed E-state index contributed by atoms with van der Waals surface area (Å²) in [6, 6.07) is 2.76. The Morgan fingerprint density at radius 2 is 1.76 bits per heavy atom. The van der Waals surface area contributed by atoms with Gasteiger partial charge in [0, 0.05) is 19.1 Å². The Morgan fingerprint density at radius 1 is 1.24 bits per heavy atom. The maximum Gasteiger partial charge on any atom is 0.104 e. The second-order valence-electron chi connectivity index (χ2n) is 8.18. The summed E-state index contributed by atoms with van der Waals surface area (Å²) in [4.78, 5) is 2.47. The van der Waals surface area contributed by atoms with E-state index in [1.165, 1.54) is 0 Å². The van der Waals surface area contributed by atoms with Crippen LogP contribution in [0.4, 0.5) is 0 Å². The van der Waals surface area contributed by atoms with Gasteiger partial charge in [0.25, 0.3) is 0 Å². The van der Waals surface area contributed by atoms with E-state index in [-0.39, 0.29) is 11.2 Å². The van der Waals surface area contributed by atoms with E-state index in [0.717, 1.165) is 32.5 Å². The number of nitrogens with zero attached hydrogens (tertiary/aromatic N) is 2. The molecule has 1 saturated heterocycles. The molecule has 4 nitrogen and oxygen atoms in total. The van der Waals surface area contributed by atoms with Crippen LogP contribution in [-0.4, -0.2) is 47.3 Å². The van der Waals surface area contributed by atoms with Crippen molar-refractivity contribution in [3.63, 3.8) is 0 Å². The first-order valence-electron chi connectivity index (χ1n) is 8.08. The van der Waals surface area contributed by atoms with Gasteiger partial charge in [0.05, 0.1) is 17.3 Å². The zero-order chi connectivity index (χ0) is 16.3. The van der Waals surface area contributed by atoms with Crippen LogP contribution in [0.25, 0.3) is 0 Å². The van der Waals surface area contributed by atoms with E-state index in [2.05, 4.69) is 57.8 Å². The summed E-state index contributed by atoms with van der Waals surface area (Å²) in [6.07, 6.45) is 1.90. The van der Waals surface area contributed by atoms with E-state index >= 15 is 0 Å². The van der Waals surface area contributed by atoms with E-state index in [1.807, 2.05) is 6.92 Å². The molecule has 1 atom stereocenters. The summed E-state index contributed by atoms with van der Waals surface area (Å²) >= 11 is 0. The molecule has 0 saturated carbocycles. The highest BCUT2D eigenvalue weighted by molar-refractivity contribution is 5.04. The fraction of sp³-hybridized carbons (Fsp3) is 0.941. The number of ether oxygens (including phenoxy) is 1. The standard InChI is InChI=1S/C17H33N3O/c1-14(2)19-17(7,11-18)9-8-10-20-12-15(3,4)21-16(5,6)13-20/h14,19H,8-10,12-13H2,1-7H3.